The van der Waals surface area contributed by atoms with Crippen LogP contribution < -0.4 is 0 Å². The number of hydrogen-bond donors (Lipinski definition) is 0. The molecule has 2 heterocycles. The number of rotatable bonds is 16. The number of esters is 2. The molecule has 1 amide bonds. The van der Waals surface area contributed by atoms with Gasteiger partial charge in [0.15, 0.2) is 0 Å². The molecule has 2 aliphatic rings. The molecule has 35 heavy (non-hydrogen) atoms. The summed E-state index contributed by atoms with van der Waals surface area (Å²) in [6.07, 6.45) is 19.7. The molecule has 0 radical (unpaired) electrons. The van der Waals surface area contributed by atoms with Gasteiger partial charge in [0.25, 0.3) is 0 Å². The van der Waals surface area contributed by atoms with Crippen molar-refractivity contribution in [1.29, 1.82) is 0 Å². The molecule has 2 saturated heterocycles. The minimum Gasteiger partial charge on any atom is -0.463 e. The first-order chi connectivity index (χ1) is 17.1. The highest BCUT2D eigenvalue weighted by Gasteiger charge is 2.15. The Kier molecular flexibility index (Phi) is 16.2. The molecule has 0 aromatic rings. The normalized spacial score (nSPS) is 17.8. The van der Waals surface area contributed by atoms with Gasteiger partial charge in [-0.15, -0.1) is 0 Å². The molecule has 200 valence electrons. The van der Waals surface area contributed by atoms with Crippen LogP contribution in [0, 0.1) is 0 Å². The zero-order chi connectivity index (χ0) is 25.0. The Hall–Kier alpha value is -1.89. The lowest BCUT2D eigenvalue weighted by molar-refractivity contribution is -0.140. The van der Waals surface area contributed by atoms with Crippen LogP contribution in [0.3, 0.4) is 0 Å². The van der Waals surface area contributed by atoms with Gasteiger partial charge in [0.05, 0.1) is 13.2 Å². The standard InChI is InChI=1S/C28H48N2O5/c31-26-16-8-7-13-23-30(26)22-12-4-6-15-25-35-28(33)18-17-27(32)34-24-14-5-3-11-21-29-19-9-1-2-10-20-29/h17-18H,1-16,19-25H2/b18-17-. The van der Waals surface area contributed by atoms with Gasteiger partial charge in [-0.25, -0.2) is 9.59 Å². The van der Waals surface area contributed by atoms with Crippen molar-refractivity contribution in [2.45, 2.75) is 103 Å². The Balaban J connectivity index is 1.37. The van der Waals surface area contributed by atoms with Gasteiger partial charge in [-0.05, 0) is 77.4 Å². The molecule has 0 bridgehead atoms. The monoisotopic (exact) mass is 492 g/mol. The van der Waals surface area contributed by atoms with Crippen LogP contribution in [0.1, 0.15) is 103 Å². The highest BCUT2D eigenvalue weighted by molar-refractivity contribution is 5.91. The van der Waals surface area contributed by atoms with Crippen molar-refractivity contribution < 1.29 is 23.9 Å². The number of carbonyl (C=O) groups excluding carboxylic acids is 3. The summed E-state index contributed by atoms with van der Waals surface area (Å²) in [5.74, 6) is -0.708. The molecule has 0 aromatic heterocycles. The molecule has 7 heteroatoms. The summed E-state index contributed by atoms with van der Waals surface area (Å²) in [6, 6.07) is 0. The van der Waals surface area contributed by atoms with E-state index in [9.17, 15) is 14.4 Å². The third-order valence-electron chi connectivity index (χ3n) is 6.91. The van der Waals surface area contributed by atoms with Gasteiger partial charge in [-0.2, -0.15) is 0 Å². The quantitative estimate of drug-likeness (QED) is 0.171. The smallest absolute Gasteiger partial charge is 0.331 e. The predicted octanol–water partition coefficient (Wildman–Crippen LogP) is 5.03. The number of ether oxygens (including phenoxy) is 2. The van der Waals surface area contributed by atoms with E-state index in [1.54, 1.807) is 0 Å². The lowest BCUT2D eigenvalue weighted by Gasteiger charge is -2.20. The second-order valence-electron chi connectivity index (χ2n) is 9.94. The van der Waals surface area contributed by atoms with Crippen LogP contribution in [0.5, 0.6) is 0 Å². The molecule has 0 spiro atoms. The highest BCUT2D eigenvalue weighted by atomic mass is 16.5. The summed E-state index contributed by atoms with van der Waals surface area (Å²) >= 11 is 0. The fourth-order valence-corrected chi connectivity index (χ4v) is 4.76. The first kappa shape index (κ1) is 29.3. The van der Waals surface area contributed by atoms with Crippen molar-refractivity contribution in [2.75, 3.05) is 45.9 Å². The maximum absolute atomic E-state index is 12.0. The average molecular weight is 493 g/mol. The maximum Gasteiger partial charge on any atom is 0.331 e. The van der Waals surface area contributed by atoms with E-state index in [-0.39, 0.29) is 0 Å². The fraction of sp³-hybridized carbons (Fsp3) is 0.821. The minimum absolute atomic E-state index is 0.292. The second kappa shape index (κ2) is 19.3. The number of unbranched alkanes of at least 4 members (excludes halogenated alkanes) is 6. The maximum atomic E-state index is 12.0. The molecule has 0 N–H and O–H groups in total. The van der Waals surface area contributed by atoms with Crippen molar-refractivity contribution in [1.82, 2.24) is 9.80 Å². The molecule has 0 atom stereocenters. The van der Waals surface area contributed by atoms with E-state index in [1.807, 2.05) is 4.90 Å². The van der Waals surface area contributed by atoms with Crippen molar-refractivity contribution in [3.05, 3.63) is 12.2 Å². The third kappa shape index (κ3) is 15.0. The predicted molar refractivity (Wildman–Crippen MR) is 138 cm³/mol. The average Bonchev–Trinajstić information content (AvgIpc) is 3.24. The summed E-state index contributed by atoms with van der Waals surface area (Å²) in [5.41, 5.74) is 0. The van der Waals surface area contributed by atoms with Crippen molar-refractivity contribution in [2.24, 2.45) is 0 Å². The molecule has 0 saturated carbocycles. The number of nitrogens with zero attached hydrogens (tertiary/aromatic N) is 2. The van der Waals surface area contributed by atoms with Gasteiger partial charge in [0.2, 0.25) is 5.91 Å². The Bertz CT molecular complexity index is 629. The van der Waals surface area contributed by atoms with E-state index < -0.39 is 11.9 Å². The lowest BCUT2D eigenvalue weighted by Crippen LogP contribution is -2.31. The van der Waals surface area contributed by atoms with Crippen LogP contribution >= 0.6 is 0 Å². The largest absolute Gasteiger partial charge is 0.463 e. The van der Waals surface area contributed by atoms with E-state index in [4.69, 9.17) is 9.47 Å². The first-order valence-corrected chi connectivity index (χ1v) is 14.2. The molecule has 0 aliphatic carbocycles. The SMILES string of the molecule is O=C(/C=C\C(=O)OCCCCCCN1CCCCCC1=O)OCCCCCCN1CCCCCC1. The van der Waals surface area contributed by atoms with Crippen LogP contribution in [-0.4, -0.2) is 73.6 Å². The van der Waals surface area contributed by atoms with Gasteiger partial charge < -0.3 is 19.3 Å². The van der Waals surface area contributed by atoms with Crippen LogP contribution in [0.15, 0.2) is 12.2 Å². The molecule has 2 aliphatic heterocycles. The number of carbonyl (C=O) groups is 3. The molecule has 0 unspecified atom stereocenters. The van der Waals surface area contributed by atoms with Crippen LogP contribution in [0.25, 0.3) is 0 Å². The number of hydrogen-bond acceptors (Lipinski definition) is 6. The molecular weight excluding hydrogens is 444 g/mol. The summed E-state index contributed by atoms with van der Waals surface area (Å²) in [4.78, 5) is 40.0. The Morgan fingerprint density at radius 3 is 1.77 bits per heavy atom. The molecule has 2 fully saturated rings. The summed E-state index contributed by atoms with van der Waals surface area (Å²) < 4.78 is 10.3. The van der Waals surface area contributed by atoms with Crippen LogP contribution in [0.2, 0.25) is 0 Å². The molecular formula is C28H48N2O5. The highest BCUT2D eigenvalue weighted by Crippen LogP contribution is 2.13. The van der Waals surface area contributed by atoms with Gasteiger partial charge in [0, 0.05) is 31.7 Å². The Morgan fingerprint density at radius 2 is 1.14 bits per heavy atom. The number of amides is 1. The zero-order valence-corrected chi connectivity index (χ0v) is 21.9. The Morgan fingerprint density at radius 1 is 0.629 bits per heavy atom. The van der Waals surface area contributed by atoms with Gasteiger partial charge in [-0.1, -0.05) is 38.5 Å². The van der Waals surface area contributed by atoms with Gasteiger partial charge in [-0.3, -0.25) is 4.79 Å². The van der Waals surface area contributed by atoms with E-state index in [2.05, 4.69) is 4.90 Å². The van der Waals surface area contributed by atoms with E-state index >= 15 is 0 Å². The molecule has 0 aromatic carbocycles. The van der Waals surface area contributed by atoms with Crippen molar-refractivity contribution in [3.8, 4) is 0 Å². The summed E-state index contributed by atoms with van der Waals surface area (Å²) in [7, 11) is 0. The fourth-order valence-electron chi connectivity index (χ4n) is 4.76. The third-order valence-corrected chi connectivity index (χ3v) is 6.91. The molecule has 2 rings (SSSR count). The lowest BCUT2D eigenvalue weighted by atomic mass is 10.2. The van der Waals surface area contributed by atoms with Gasteiger partial charge >= 0.3 is 11.9 Å². The first-order valence-electron chi connectivity index (χ1n) is 14.2. The number of likely N-dealkylation sites (tertiary alicyclic amines) is 2. The van der Waals surface area contributed by atoms with E-state index in [1.165, 1.54) is 51.7 Å². The zero-order valence-electron chi connectivity index (χ0n) is 21.9. The van der Waals surface area contributed by atoms with E-state index in [0.717, 1.165) is 89.4 Å². The second-order valence-corrected chi connectivity index (χ2v) is 9.94. The Labute approximate surface area is 212 Å². The van der Waals surface area contributed by atoms with Gasteiger partial charge in [0.1, 0.15) is 0 Å². The molecule has 7 nitrogen and oxygen atoms in total. The van der Waals surface area contributed by atoms with E-state index in [0.29, 0.717) is 25.5 Å². The van der Waals surface area contributed by atoms with Crippen molar-refractivity contribution in [3.63, 3.8) is 0 Å². The minimum atomic E-state index is -0.509. The van der Waals surface area contributed by atoms with Crippen LogP contribution in [-0.2, 0) is 23.9 Å². The summed E-state index contributed by atoms with van der Waals surface area (Å²) in [6.45, 7) is 6.14. The van der Waals surface area contributed by atoms with Crippen LogP contribution in [0.4, 0.5) is 0 Å². The van der Waals surface area contributed by atoms with Crippen molar-refractivity contribution >= 4 is 17.8 Å². The summed E-state index contributed by atoms with van der Waals surface area (Å²) in [5, 5.41) is 0. The topological polar surface area (TPSA) is 76.2 Å².